The molecule has 6 heteroatoms. The fourth-order valence-corrected chi connectivity index (χ4v) is 2.89. The molecule has 0 spiro atoms. The van der Waals surface area contributed by atoms with Crippen molar-refractivity contribution in [3.8, 4) is 83.9 Å². The van der Waals surface area contributed by atoms with Crippen molar-refractivity contribution < 1.29 is 19.7 Å². The van der Waals surface area contributed by atoms with E-state index in [0.717, 1.165) is 0 Å². The largest absolute Gasteiger partial charge is 0.506 e. The highest BCUT2D eigenvalue weighted by atomic mass is 16.5. The van der Waals surface area contributed by atoms with E-state index in [1.165, 1.54) is 36.4 Å². The van der Waals surface area contributed by atoms with Crippen molar-refractivity contribution in [3.63, 3.8) is 0 Å². The number of phenols is 2. The molecule has 0 saturated heterocycles. The third-order valence-corrected chi connectivity index (χ3v) is 4.43. The second-order valence-corrected chi connectivity index (χ2v) is 6.38. The molecule has 0 fully saturated rings. The number of aromatic hydroxyl groups is 2. The zero-order chi connectivity index (χ0) is 23.4. The van der Waals surface area contributed by atoms with Crippen LogP contribution >= 0.6 is 0 Å². The number of benzene rings is 3. The Morgan fingerprint density at radius 2 is 0.938 bits per heavy atom. The molecule has 0 heterocycles. The maximum atomic E-state index is 9.70. The molecule has 0 saturated carbocycles. The molecule has 0 radical (unpaired) electrons. The number of terminal acetylenes is 4. The highest BCUT2D eigenvalue weighted by molar-refractivity contribution is 5.76. The minimum atomic E-state index is -0.123. The van der Waals surface area contributed by atoms with Gasteiger partial charge in [-0.15, -0.1) is 25.7 Å². The summed E-state index contributed by atoms with van der Waals surface area (Å²) in [6.45, 7) is 0. The minimum Gasteiger partial charge on any atom is -0.506 e. The van der Waals surface area contributed by atoms with Crippen LogP contribution in [0.1, 0.15) is 22.3 Å². The molecule has 0 unspecified atom stereocenters. The topological polar surface area (TPSA) is 111 Å². The number of anilines is 2. The lowest BCUT2D eigenvalue weighted by Gasteiger charge is -2.19. The quantitative estimate of drug-likeness (QED) is 0.291. The predicted octanol–water partition coefficient (Wildman–Crippen LogP) is 3.77. The third-order valence-electron chi connectivity index (χ3n) is 4.43. The van der Waals surface area contributed by atoms with Crippen LogP contribution in [0, 0.1) is 49.4 Å². The molecule has 3 aromatic rings. The molecular formula is C26H16N2O4. The molecule has 0 aliphatic heterocycles. The fourth-order valence-electron chi connectivity index (χ4n) is 2.89. The van der Waals surface area contributed by atoms with Gasteiger partial charge in [0, 0.05) is 12.1 Å². The smallest absolute Gasteiger partial charge is 0.188 e. The van der Waals surface area contributed by atoms with Crippen LogP contribution < -0.4 is 20.9 Å². The summed E-state index contributed by atoms with van der Waals surface area (Å²) in [7, 11) is 0. The van der Waals surface area contributed by atoms with Crippen LogP contribution in [0.25, 0.3) is 0 Å². The average molecular weight is 420 g/mol. The van der Waals surface area contributed by atoms with E-state index in [4.69, 9.17) is 46.6 Å². The van der Waals surface area contributed by atoms with Crippen molar-refractivity contribution in [2.45, 2.75) is 0 Å². The van der Waals surface area contributed by atoms with Gasteiger partial charge in [-0.25, -0.2) is 0 Å². The Kier molecular flexibility index (Phi) is 5.75. The molecule has 154 valence electrons. The van der Waals surface area contributed by atoms with Crippen LogP contribution in [-0.4, -0.2) is 10.2 Å². The molecule has 0 atom stereocenters. The van der Waals surface area contributed by atoms with Gasteiger partial charge in [-0.1, -0.05) is 23.7 Å². The van der Waals surface area contributed by atoms with Crippen LogP contribution in [-0.2, 0) is 0 Å². The van der Waals surface area contributed by atoms with Gasteiger partial charge in [-0.3, -0.25) is 0 Å². The number of nitrogens with two attached hydrogens (primary N) is 2. The highest BCUT2D eigenvalue weighted by Gasteiger charge is 2.25. The fraction of sp³-hybridized carbons (Fsp3) is 0. The van der Waals surface area contributed by atoms with Crippen LogP contribution in [0.5, 0.6) is 34.5 Å². The monoisotopic (exact) mass is 420 g/mol. The van der Waals surface area contributed by atoms with Gasteiger partial charge in [0.2, 0.25) is 0 Å². The van der Waals surface area contributed by atoms with Crippen LogP contribution in [0.3, 0.4) is 0 Å². The number of phenolic OH excluding ortho intramolecular Hbond substituents is 2. The summed E-state index contributed by atoms with van der Waals surface area (Å²) in [5.74, 6) is 10.1. The third kappa shape index (κ3) is 3.77. The summed E-state index contributed by atoms with van der Waals surface area (Å²) >= 11 is 0. The number of hydrogen-bond donors (Lipinski definition) is 4. The zero-order valence-corrected chi connectivity index (χ0v) is 16.6. The maximum Gasteiger partial charge on any atom is 0.188 e. The summed E-state index contributed by atoms with van der Waals surface area (Å²) in [6, 6.07) is 8.40. The Hall–Kier alpha value is -5.30. The molecule has 6 nitrogen and oxygen atoms in total. The minimum absolute atomic E-state index is 0.0177. The normalized spacial score (nSPS) is 9.62. The van der Waals surface area contributed by atoms with E-state index in [-0.39, 0.29) is 68.1 Å². The van der Waals surface area contributed by atoms with Gasteiger partial charge in [0.1, 0.15) is 23.0 Å². The Balaban J connectivity index is 2.33. The number of ether oxygens (including phenoxy) is 2. The molecule has 6 N–H and O–H groups in total. The van der Waals surface area contributed by atoms with Gasteiger partial charge >= 0.3 is 0 Å². The summed E-state index contributed by atoms with van der Waals surface area (Å²) in [6.07, 6.45) is 22.8. The lowest BCUT2D eigenvalue weighted by Crippen LogP contribution is -2.03. The van der Waals surface area contributed by atoms with Crippen molar-refractivity contribution in [2.24, 2.45) is 0 Å². The summed E-state index contributed by atoms with van der Waals surface area (Å²) < 4.78 is 12.0. The second kappa shape index (κ2) is 8.60. The van der Waals surface area contributed by atoms with Crippen LogP contribution in [0.15, 0.2) is 36.4 Å². The van der Waals surface area contributed by atoms with E-state index < -0.39 is 0 Å². The molecule has 0 aliphatic carbocycles. The zero-order valence-electron chi connectivity index (χ0n) is 16.6. The van der Waals surface area contributed by atoms with Gasteiger partial charge in [0.15, 0.2) is 11.5 Å². The van der Waals surface area contributed by atoms with E-state index in [9.17, 15) is 10.2 Å². The van der Waals surface area contributed by atoms with Gasteiger partial charge < -0.3 is 31.2 Å². The van der Waals surface area contributed by atoms with E-state index in [1.54, 1.807) is 0 Å². The molecule has 0 aliphatic rings. The maximum absolute atomic E-state index is 9.70. The molecule has 32 heavy (non-hydrogen) atoms. The molecule has 3 aromatic carbocycles. The number of rotatable bonds is 4. The van der Waals surface area contributed by atoms with Crippen LogP contribution in [0.2, 0.25) is 0 Å². The number of hydrogen-bond acceptors (Lipinski definition) is 6. The first-order chi connectivity index (χ1) is 15.3. The second-order valence-electron chi connectivity index (χ2n) is 6.38. The van der Waals surface area contributed by atoms with Crippen molar-refractivity contribution in [3.05, 3.63) is 58.7 Å². The highest BCUT2D eigenvalue weighted by Crippen LogP contribution is 2.45. The van der Waals surface area contributed by atoms with Crippen molar-refractivity contribution in [2.75, 3.05) is 11.5 Å². The Morgan fingerprint density at radius 3 is 1.22 bits per heavy atom. The lowest BCUT2D eigenvalue weighted by molar-refractivity contribution is 0.414. The SMILES string of the molecule is C#Cc1c(C#C)c(C#C)c(Oc2ccc(O)c(N)c2)c(Oc2ccc(O)c(N)c2)c1C#C. The Morgan fingerprint density at radius 1 is 0.594 bits per heavy atom. The van der Waals surface area contributed by atoms with E-state index in [1.807, 2.05) is 0 Å². The molecule has 3 rings (SSSR count). The van der Waals surface area contributed by atoms with Crippen molar-refractivity contribution in [1.82, 2.24) is 0 Å². The van der Waals surface area contributed by atoms with Gasteiger partial charge in [-0.05, 0) is 24.3 Å². The molecule has 0 amide bonds. The summed E-state index contributed by atoms with van der Waals surface area (Å²) in [5, 5.41) is 19.4. The first-order valence-electron chi connectivity index (χ1n) is 8.97. The summed E-state index contributed by atoms with van der Waals surface area (Å²) in [5.41, 5.74) is 12.3. The first-order valence-corrected chi connectivity index (χ1v) is 8.97. The Bertz CT molecular complexity index is 1300. The van der Waals surface area contributed by atoms with Crippen LogP contribution in [0.4, 0.5) is 11.4 Å². The van der Waals surface area contributed by atoms with E-state index >= 15 is 0 Å². The molecule has 0 bridgehead atoms. The number of nitrogen functional groups attached to an aromatic ring is 2. The van der Waals surface area contributed by atoms with E-state index in [0.29, 0.717) is 0 Å². The average Bonchev–Trinajstić information content (AvgIpc) is 2.78. The lowest BCUT2D eigenvalue weighted by atomic mass is 9.94. The van der Waals surface area contributed by atoms with Crippen molar-refractivity contribution in [1.29, 1.82) is 0 Å². The van der Waals surface area contributed by atoms with Gasteiger partial charge in [0.25, 0.3) is 0 Å². The first kappa shape index (κ1) is 21.4. The standard InChI is InChI=1S/C26H16N2O4/c1-5-17-18(6-2)20(8-4)26(32-16-10-12-24(30)22(28)14-16)25(19(17)7-3)31-15-9-11-23(29)21(27)13-15/h1-4,9-14,29-30H,27-28H2. The van der Waals surface area contributed by atoms with Gasteiger partial charge in [-0.2, -0.15) is 0 Å². The van der Waals surface area contributed by atoms with Gasteiger partial charge in [0.05, 0.1) is 33.6 Å². The summed E-state index contributed by atoms with van der Waals surface area (Å²) in [4.78, 5) is 0. The molecule has 0 aromatic heterocycles. The van der Waals surface area contributed by atoms with Crippen molar-refractivity contribution >= 4 is 11.4 Å². The molecular weight excluding hydrogens is 404 g/mol. The van der Waals surface area contributed by atoms with E-state index in [2.05, 4.69) is 23.7 Å². The predicted molar refractivity (Wildman–Crippen MR) is 123 cm³/mol. The Labute approximate surface area is 185 Å².